The van der Waals surface area contributed by atoms with E-state index in [4.69, 9.17) is 5.11 Å². The highest BCUT2D eigenvalue weighted by Crippen LogP contribution is 2.32. The number of hydrogen-bond acceptors (Lipinski definition) is 1. The van der Waals surface area contributed by atoms with Crippen LogP contribution >= 0.6 is 15.9 Å². The molecule has 1 aromatic carbocycles. The maximum atomic E-state index is 13.4. The van der Waals surface area contributed by atoms with Gasteiger partial charge in [0.05, 0.1) is 9.99 Å². The van der Waals surface area contributed by atoms with E-state index in [0.29, 0.717) is 20.9 Å². The molecular formula is C11H9BrFNO2. The highest BCUT2D eigenvalue weighted by Gasteiger charge is 2.20. The van der Waals surface area contributed by atoms with E-state index in [1.807, 2.05) is 0 Å². The van der Waals surface area contributed by atoms with Gasteiger partial charge in [0.1, 0.15) is 11.5 Å². The van der Waals surface area contributed by atoms with Crippen LogP contribution in [0.5, 0.6) is 0 Å². The molecule has 0 bridgehead atoms. The summed E-state index contributed by atoms with van der Waals surface area (Å²) in [6.45, 7) is 1.68. The Balaban J connectivity index is 3.00. The maximum absolute atomic E-state index is 13.4. The lowest BCUT2D eigenvalue weighted by Gasteiger charge is -1.99. The molecule has 0 amide bonds. The molecule has 0 fully saturated rings. The molecule has 0 saturated carbocycles. The van der Waals surface area contributed by atoms with Gasteiger partial charge in [0.2, 0.25) is 0 Å². The van der Waals surface area contributed by atoms with Crippen molar-refractivity contribution in [3.8, 4) is 0 Å². The minimum atomic E-state index is -1.01. The molecule has 1 aromatic heterocycles. The Hall–Kier alpha value is -1.36. The molecule has 84 valence electrons. The average molecular weight is 286 g/mol. The van der Waals surface area contributed by atoms with Crippen LogP contribution in [0, 0.1) is 12.7 Å². The zero-order valence-corrected chi connectivity index (χ0v) is 10.3. The van der Waals surface area contributed by atoms with Crippen molar-refractivity contribution in [1.29, 1.82) is 0 Å². The molecule has 5 heteroatoms. The molecule has 0 atom stereocenters. The van der Waals surface area contributed by atoms with Crippen molar-refractivity contribution in [3.05, 3.63) is 33.7 Å². The summed E-state index contributed by atoms with van der Waals surface area (Å²) in [6.07, 6.45) is 0. The van der Waals surface area contributed by atoms with Gasteiger partial charge in [-0.2, -0.15) is 0 Å². The van der Waals surface area contributed by atoms with Crippen LogP contribution < -0.4 is 0 Å². The molecule has 0 radical (unpaired) electrons. The minimum Gasteiger partial charge on any atom is -0.477 e. The number of nitrogens with zero attached hydrogens (tertiary/aromatic N) is 1. The van der Waals surface area contributed by atoms with E-state index in [1.165, 1.54) is 6.07 Å². The van der Waals surface area contributed by atoms with E-state index >= 15 is 0 Å². The van der Waals surface area contributed by atoms with Gasteiger partial charge in [0.15, 0.2) is 0 Å². The van der Waals surface area contributed by atoms with Crippen molar-refractivity contribution in [2.45, 2.75) is 6.92 Å². The van der Waals surface area contributed by atoms with Crippen LogP contribution in [0.3, 0.4) is 0 Å². The average Bonchev–Trinajstić information content (AvgIpc) is 2.45. The number of carboxylic acids is 1. The molecule has 0 saturated heterocycles. The summed E-state index contributed by atoms with van der Waals surface area (Å²) in [5, 5.41) is 9.69. The van der Waals surface area contributed by atoms with Crippen molar-refractivity contribution in [3.63, 3.8) is 0 Å². The molecule has 1 heterocycles. The van der Waals surface area contributed by atoms with Gasteiger partial charge in [-0.15, -0.1) is 0 Å². The number of carboxylic acid groups (broad SMARTS) is 1. The van der Waals surface area contributed by atoms with Crippen LogP contribution in [-0.4, -0.2) is 15.6 Å². The summed E-state index contributed by atoms with van der Waals surface area (Å²) in [6, 6.07) is 2.90. The van der Waals surface area contributed by atoms with E-state index in [-0.39, 0.29) is 5.69 Å². The van der Waals surface area contributed by atoms with Gasteiger partial charge < -0.3 is 9.67 Å². The lowest BCUT2D eigenvalue weighted by Crippen LogP contribution is -2.05. The number of rotatable bonds is 1. The van der Waals surface area contributed by atoms with Crippen molar-refractivity contribution in [2.24, 2.45) is 7.05 Å². The number of hydrogen-bond donors (Lipinski definition) is 1. The summed E-state index contributed by atoms with van der Waals surface area (Å²) < 4.78 is 15.2. The normalized spacial score (nSPS) is 11.0. The molecule has 1 N–H and O–H groups in total. The molecule has 0 aliphatic rings. The highest BCUT2D eigenvalue weighted by atomic mass is 79.9. The van der Waals surface area contributed by atoms with Crippen LogP contribution in [0.2, 0.25) is 0 Å². The predicted molar refractivity (Wildman–Crippen MR) is 62.3 cm³/mol. The Kier molecular flexibility index (Phi) is 2.50. The van der Waals surface area contributed by atoms with Gasteiger partial charge in [-0.25, -0.2) is 9.18 Å². The molecule has 3 nitrogen and oxygen atoms in total. The van der Waals surface area contributed by atoms with Gasteiger partial charge in [0, 0.05) is 12.4 Å². The molecule has 0 aliphatic carbocycles. The number of carbonyl (C=O) groups is 1. The predicted octanol–water partition coefficient (Wildman–Crippen LogP) is 3.09. The third kappa shape index (κ3) is 1.35. The number of halogens is 2. The number of aromatic nitrogens is 1. The molecule has 0 spiro atoms. The van der Waals surface area contributed by atoms with Crippen LogP contribution in [0.1, 0.15) is 16.1 Å². The first-order chi connectivity index (χ1) is 7.45. The molecule has 2 aromatic rings. The first-order valence-corrected chi connectivity index (χ1v) is 5.40. The molecule has 0 unspecified atom stereocenters. The smallest absolute Gasteiger partial charge is 0.352 e. The second-order valence-corrected chi connectivity index (χ2v) is 4.39. The lowest BCUT2D eigenvalue weighted by molar-refractivity contribution is 0.0686. The Bertz CT molecular complexity index is 604. The van der Waals surface area contributed by atoms with Gasteiger partial charge in [-0.05, 0) is 40.5 Å². The van der Waals surface area contributed by atoms with Gasteiger partial charge in [-0.3, -0.25) is 0 Å². The van der Waals surface area contributed by atoms with E-state index < -0.39 is 11.8 Å². The topological polar surface area (TPSA) is 42.2 Å². The minimum absolute atomic E-state index is 0.182. The summed E-state index contributed by atoms with van der Waals surface area (Å²) in [5.41, 5.74) is 1.45. The van der Waals surface area contributed by atoms with Gasteiger partial charge >= 0.3 is 5.97 Å². The monoisotopic (exact) mass is 285 g/mol. The van der Waals surface area contributed by atoms with Crippen LogP contribution in [0.25, 0.3) is 10.9 Å². The van der Waals surface area contributed by atoms with Gasteiger partial charge in [-0.1, -0.05) is 0 Å². The Morgan fingerprint density at radius 1 is 1.50 bits per heavy atom. The lowest BCUT2D eigenvalue weighted by atomic mass is 10.1. The third-order valence-electron chi connectivity index (χ3n) is 2.70. The first-order valence-electron chi connectivity index (χ1n) is 4.61. The van der Waals surface area contributed by atoms with Crippen molar-refractivity contribution in [1.82, 2.24) is 4.57 Å². The maximum Gasteiger partial charge on any atom is 0.352 e. The SMILES string of the molecule is Cc1c(C(=O)O)n(C)c2ccc(F)c(Br)c12. The van der Waals surface area contributed by atoms with Crippen LogP contribution in [0.15, 0.2) is 16.6 Å². The van der Waals surface area contributed by atoms with E-state index in [1.54, 1.807) is 24.6 Å². The number of benzene rings is 1. The van der Waals surface area contributed by atoms with Crippen LogP contribution in [-0.2, 0) is 7.05 Å². The van der Waals surface area contributed by atoms with E-state index in [0.717, 1.165) is 0 Å². The summed E-state index contributed by atoms with van der Waals surface area (Å²) in [4.78, 5) is 11.1. The molecule has 2 rings (SSSR count). The molecule has 0 aliphatic heterocycles. The number of aryl methyl sites for hydroxylation is 2. The van der Waals surface area contributed by atoms with Crippen molar-refractivity contribution >= 4 is 32.8 Å². The Morgan fingerprint density at radius 2 is 2.12 bits per heavy atom. The summed E-state index contributed by atoms with van der Waals surface area (Å²) in [5.74, 6) is -1.40. The van der Waals surface area contributed by atoms with E-state index in [9.17, 15) is 9.18 Å². The largest absolute Gasteiger partial charge is 0.477 e. The fourth-order valence-electron chi connectivity index (χ4n) is 1.97. The second-order valence-electron chi connectivity index (χ2n) is 3.59. The first kappa shape index (κ1) is 11.1. The Morgan fingerprint density at radius 3 is 2.69 bits per heavy atom. The fraction of sp³-hybridized carbons (Fsp3) is 0.182. The zero-order chi connectivity index (χ0) is 12.0. The summed E-state index contributed by atoms with van der Waals surface area (Å²) in [7, 11) is 1.66. The van der Waals surface area contributed by atoms with Crippen molar-refractivity contribution in [2.75, 3.05) is 0 Å². The fourth-order valence-corrected chi connectivity index (χ4v) is 2.60. The molecular weight excluding hydrogens is 277 g/mol. The van der Waals surface area contributed by atoms with Crippen LogP contribution in [0.4, 0.5) is 4.39 Å². The van der Waals surface area contributed by atoms with Crippen molar-refractivity contribution < 1.29 is 14.3 Å². The van der Waals surface area contributed by atoms with E-state index in [2.05, 4.69) is 15.9 Å². The zero-order valence-electron chi connectivity index (χ0n) is 8.71. The highest BCUT2D eigenvalue weighted by molar-refractivity contribution is 9.10. The second kappa shape index (κ2) is 3.59. The standard InChI is InChI=1S/C11H9BrFNO2/c1-5-8-7(4-3-6(13)9(8)12)14(2)10(5)11(15)16/h3-4H,1-2H3,(H,15,16). The quantitative estimate of drug-likeness (QED) is 0.875. The summed E-state index contributed by atoms with van der Waals surface area (Å²) >= 11 is 3.15. The number of aromatic carboxylic acids is 1. The third-order valence-corrected chi connectivity index (χ3v) is 3.48. The Labute approximate surface area is 99.6 Å². The molecule has 16 heavy (non-hydrogen) atoms. The van der Waals surface area contributed by atoms with Gasteiger partial charge in [0.25, 0.3) is 0 Å². The number of fused-ring (bicyclic) bond motifs is 1.